The van der Waals surface area contributed by atoms with Crippen molar-refractivity contribution in [3.05, 3.63) is 0 Å². The van der Waals surface area contributed by atoms with Gasteiger partial charge in [-0.1, -0.05) is 247 Å². The molecule has 0 heterocycles. The average molecular weight is 946 g/mol. The van der Waals surface area contributed by atoms with Crippen molar-refractivity contribution in [1.29, 1.82) is 0 Å². The summed E-state index contributed by atoms with van der Waals surface area (Å²) >= 11 is 0. The van der Waals surface area contributed by atoms with E-state index in [1.165, 1.54) is 251 Å². The smallest absolute Gasteiger partial charge is 0.222 e. The fourth-order valence-electron chi connectivity index (χ4n) is 9.93. The number of hydrogen-bond donors (Lipinski definition) is 0. The van der Waals surface area contributed by atoms with Crippen molar-refractivity contribution in [2.24, 2.45) is 0 Å². The van der Waals surface area contributed by atoms with E-state index in [0.717, 1.165) is 90.9 Å². The molecule has 0 saturated heterocycles. The zero-order valence-corrected chi connectivity index (χ0v) is 47.1. The first-order valence-electron chi connectivity index (χ1n) is 30.9. The number of carbonyl (C=O) groups is 2. The maximum absolute atomic E-state index is 13.6. The minimum Gasteiger partial charge on any atom is -0.343 e. The third-order valence-corrected chi connectivity index (χ3v) is 14.8. The molecule has 0 spiro atoms. The van der Waals surface area contributed by atoms with Crippen LogP contribution in [0.15, 0.2) is 0 Å². The lowest BCUT2D eigenvalue weighted by Crippen LogP contribution is -2.35. The van der Waals surface area contributed by atoms with Gasteiger partial charge in [-0.25, -0.2) is 0 Å². The highest BCUT2D eigenvalue weighted by Crippen LogP contribution is 2.16. The van der Waals surface area contributed by atoms with Gasteiger partial charge in [0.05, 0.1) is 0 Å². The normalized spacial score (nSPS) is 11.7. The zero-order valence-electron chi connectivity index (χ0n) is 47.1. The number of carbonyl (C=O) groups excluding carboxylic acids is 2. The van der Waals surface area contributed by atoms with Crippen LogP contribution in [0.4, 0.5) is 0 Å². The third kappa shape index (κ3) is 47.0. The number of hydrogen-bond acceptors (Lipinski definition) is 4. The summed E-state index contributed by atoms with van der Waals surface area (Å²) in [6, 6.07) is 0. The summed E-state index contributed by atoms with van der Waals surface area (Å²) in [5, 5.41) is 0. The minimum absolute atomic E-state index is 0.413. The molecule has 67 heavy (non-hydrogen) atoms. The summed E-state index contributed by atoms with van der Waals surface area (Å²) in [6.45, 7) is 21.0. The molecule has 6 heteroatoms. The Morgan fingerprint density at radius 2 is 0.463 bits per heavy atom. The highest BCUT2D eigenvalue weighted by molar-refractivity contribution is 5.76. The van der Waals surface area contributed by atoms with E-state index in [1.807, 2.05) is 0 Å². The highest BCUT2D eigenvalue weighted by atomic mass is 16.2. The van der Waals surface area contributed by atoms with E-state index in [1.54, 1.807) is 0 Å². The average Bonchev–Trinajstić information content (AvgIpc) is 3.33. The molecular formula is C61H124N4O2. The van der Waals surface area contributed by atoms with Crippen LogP contribution >= 0.6 is 0 Å². The second-order valence-electron chi connectivity index (χ2n) is 21.5. The molecule has 0 fully saturated rings. The molecule has 400 valence electrons. The second-order valence-corrected chi connectivity index (χ2v) is 21.5. The van der Waals surface area contributed by atoms with Crippen LogP contribution in [-0.2, 0) is 9.59 Å². The van der Waals surface area contributed by atoms with Crippen LogP contribution in [0.3, 0.4) is 0 Å². The largest absolute Gasteiger partial charge is 0.343 e. The number of unbranched alkanes of at least 4 members (excludes halogenated alkanes) is 35. The molecule has 0 rings (SSSR count). The first-order valence-corrected chi connectivity index (χ1v) is 30.9. The minimum atomic E-state index is 0.413. The van der Waals surface area contributed by atoms with Crippen LogP contribution in [0, 0.1) is 0 Å². The molecule has 0 N–H and O–H groups in total. The summed E-state index contributed by atoms with van der Waals surface area (Å²) in [7, 11) is 2.31. The van der Waals surface area contributed by atoms with E-state index < -0.39 is 0 Å². The monoisotopic (exact) mass is 945 g/mol. The molecule has 0 saturated carbocycles. The predicted molar refractivity (Wildman–Crippen MR) is 299 cm³/mol. The Balaban J connectivity index is 5.07. The molecular weight excluding hydrogens is 821 g/mol. The van der Waals surface area contributed by atoms with Crippen molar-refractivity contribution in [1.82, 2.24) is 19.6 Å². The van der Waals surface area contributed by atoms with Gasteiger partial charge in [0.1, 0.15) is 0 Å². The van der Waals surface area contributed by atoms with Crippen LogP contribution in [-0.4, -0.2) is 97.4 Å². The van der Waals surface area contributed by atoms with Gasteiger partial charge in [-0.15, -0.1) is 0 Å². The highest BCUT2D eigenvalue weighted by Gasteiger charge is 2.15. The Hall–Kier alpha value is -1.14. The van der Waals surface area contributed by atoms with Gasteiger partial charge in [-0.2, -0.15) is 0 Å². The Labute approximate surface area is 422 Å². The quantitative estimate of drug-likeness (QED) is 0.0570. The first kappa shape index (κ1) is 65.9. The van der Waals surface area contributed by atoms with Crippen LogP contribution in [0.2, 0.25) is 0 Å². The van der Waals surface area contributed by atoms with Crippen LogP contribution < -0.4 is 0 Å². The van der Waals surface area contributed by atoms with E-state index in [2.05, 4.69) is 61.3 Å². The van der Waals surface area contributed by atoms with E-state index in [0.29, 0.717) is 11.8 Å². The van der Waals surface area contributed by atoms with Gasteiger partial charge in [0.15, 0.2) is 0 Å². The van der Waals surface area contributed by atoms with Gasteiger partial charge in [0.25, 0.3) is 0 Å². The van der Waals surface area contributed by atoms with Crippen molar-refractivity contribution < 1.29 is 9.59 Å². The van der Waals surface area contributed by atoms with Gasteiger partial charge in [0.2, 0.25) is 11.8 Å². The molecule has 0 unspecified atom stereocenters. The zero-order chi connectivity index (χ0) is 48.9. The van der Waals surface area contributed by atoms with Crippen molar-refractivity contribution in [2.75, 3.05) is 66.0 Å². The van der Waals surface area contributed by atoms with Crippen LogP contribution in [0.25, 0.3) is 0 Å². The van der Waals surface area contributed by atoms with Crippen molar-refractivity contribution in [3.8, 4) is 0 Å². The number of likely N-dealkylation sites (N-methyl/N-ethyl adjacent to an activating group) is 1. The fraction of sp³-hybridized carbons (Fsp3) is 0.967. The molecule has 0 aliphatic carbocycles. The molecule has 0 aliphatic heterocycles. The molecule has 0 radical (unpaired) electrons. The van der Waals surface area contributed by atoms with Crippen LogP contribution in [0.1, 0.15) is 317 Å². The number of amides is 2. The van der Waals surface area contributed by atoms with E-state index >= 15 is 0 Å². The number of nitrogens with zero attached hydrogens (tertiary/aromatic N) is 4. The lowest BCUT2D eigenvalue weighted by molar-refractivity contribution is -0.132. The summed E-state index contributed by atoms with van der Waals surface area (Å²) in [4.78, 5) is 37.0. The molecule has 2 amide bonds. The summed E-state index contributed by atoms with van der Waals surface area (Å²) in [5.74, 6) is 0.826. The van der Waals surface area contributed by atoms with E-state index in [4.69, 9.17) is 0 Å². The van der Waals surface area contributed by atoms with Gasteiger partial charge < -0.3 is 19.6 Å². The summed E-state index contributed by atoms with van der Waals surface area (Å²) in [6.07, 6.45) is 55.6. The van der Waals surface area contributed by atoms with Crippen molar-refractivity contribution in [3.63, 3.8) is 0 Å². The lowest BCUT2D eigenvalue weighted by atomic mass is 10.1. The third-order valence-electron chi connectivity index (χ3n) is 14.8. The Morgan fingerprint density at radius 3 is 0.761 bits per heavy atom. The molecule has 0 aromatic heterocycles. The molecule has 0 aliphatic rings. The predicted octanol–water partition coefficient (Wildman–Crippen LogP) is 18.1. The molecule has 6 nitrogen and oxygen atoms in total. The first-order chi connectivity index (χ1) is 32.9. The van der Waals surface area contributed by atoms with Crippen molar-refractivity contribution in [2.45, 2.75) is 317 Å². The molecule has 0 bridgehead atoms. The van der Waals surface area contributed by atoms with Crippen LogP contribution in [0.5, 0.6) is 0 Å². The standard InChI is InChI=1S/C61H124N4O2/c1-7-12-17-22-26-30-34-45-54-64(55-46-35-31-27-23-18-13-8-2)60(66)49-40-38-43-52-63(59-58-62(6)51-42-21-16-11-5)53-44-39-41-50-61(67)65(56-47-36-32-28-24-19-14-9-3)57-48-37-33-29-25-20-15-10-4/h7-59H2,1-6H3. The van der Waals surface area contributed by atoms with Gasteiger partial charge in [0, 0.05) is 52.1 Å². The maximum Gasteiger partial charge on any atom is 0.222 e. The molecule has 0 aromatic rings. The second kappa shape index (κ2) is 54.2. The van der Waals surface area contributed by atoms with Crippen molar-refractivity contribution >= 4 is 11.8 Å². The summed E-state index contributed by atoms with van der Waals surface area (Å²) < 4.78 is 0. The van der Waals surface area contributed by atoms with Gasteiger partial charge >= 0.3 is 0 Å². The topological polar surface area (TPSA) is 47.1 Å². The summed E-state index contributed by atoms with van der Waals surface area (Å²) in [5.41, 5.74) is 0. The molecule has 0 aromatic carbocycles. The Kier molecular flexibility index (Phi) is 53.3. The molecule has 0 atom stereocenters. The van der Waals surface area contributed by atoms with Gasteiger partial charge in [-0.05, 0) is 84.5 Å². The van der Waals surface area contributed by atoms with E-state index in [-0.39, 0.29) is 0 Å². The van der Waals surface area contributed by atoms with E-state index in [9.17, 15) is 9.59 Å². The number of rotatable bonds is 56. The fourth-order valence-corrected chi connectivity index (χ4v) is 9.93. The Morgan fingerprint density at radius 1 is 0.239 bits per heavy atom. The lowest BCUT2D eigenvalue weighted by Gasteiger charge is -2.26. The Bertz CT molecular complexity index is 886. The maximum atomic E-state index is 13.6. The van der Waals surface area contributed by atoms with Gasteiger partial charge in [-0.3, -0.25) is 9.59 Å². The SMILES string of the molecule is CCCCCCCCCCN(CCCCCCCCCC)C(=O)CCCCCN(CCCCCC(=O)N(CCCCCCCCCC)CCCCCCCCCC)CCN(C)CCCCCC.